The van der Waals surface area contributed by atoms with Crippen molar-refractivity contribution in [1.29, 1.82) is 0 Å². The fraction of sp³-hybridized carbons (Fsp3) is 0.444. The van der Waals surface area contributed by atoms with E-state index in [1.165, 1.54) is 7.11 Å². The van der Waals surface area contributed by atoms with Crippen molar-refractivity contribution in [3.8, 4) is 45.6 Å². The molecule has 1 aliphatic carbocycles. The van der Waals surface area contributed by atoms with Crippen molar-refractivity contribution in [3.63, 3.8) is 0 Å². The third-order valence-electron chi connectivity index (χ3n) is 6.87. The normalized spacial score (nSPS) is 18.9. The van der Waals surface area contributed by atoms with E-state index in [9.17, 15) is 4.79 Å². The Hall–Kier alpha value is -3.35. The Bertz CT molecular complexity index is 1150. The lowest BCUT2D eigenvalue weighted by Gasteiger charge is -2.30. The van der Waals surface area contributed by atoms with Crippen LogP contribution in [0.5, 0.6) is 34.5 Å². The van der Waals surface area contributed by atoms with Crippen molar-refractivity contribution >= 4 is 5.97 Å². The lowest BCUT2D eigenvalue weighted by Crippen LogP contribution is -2.19. The van der Waals surface area contributed by atoms with Crippen LogP contribution in [-0.4, -0.2) is 34.1 Å². The Labute approximate surface area is 200 Å². The van der Waals surface area contributed by atoms with Gasteiger partial charge in [0, 0.05) is 16.7 Å². The Kier molecular flexibility index (Phi) is 6.64. The van der Waals surface area contributed by atoms with Crippen LogP contribution in [0.3, 0.4) is 0 Å². The van der Waals surface area contributed by atoms with E-state index in [2.05, 4.69) is 13.8 Å². The summed E-state index contributed by atoms with van der Waals surface area (Å²) in [6.45, 7) is 8.12. The summed E-state index contributed by atoms with van der Waals surface area (Å²) < 4.78 is 34.8. The Morgan fingerprint density at radius 2 is 1.53 bits per heavy atom. The fourth-order valence-electron chi connectivity index (χ4n) is 4.62. The number of allylic oxidation sites excluding steroid dienone is 1. The maximum atomic E-state index is 13.0. The number of hydrogen-bond donors (Lipinski definition) is 0. The van der Waals surface area contributed by atoms with E-state index in [0.717, 1.165) is 35.1 Å². The van der Waals surface area contributed by atoms with Gasteiger partial charge in [-0.1, -0.05) is 19.9 Å². The molecule has 0 amide bonds. The SMILES string of the molecule is C/C=C(/C)C(=O)Oc1c(OC)c(OC)cc2c1-c1c(cc3c(c1OC)OCO3)CC(C)C(C)C2. The summed E-state index contributed by atoms with van der Waals surface area (Å²) in [7, 11) is 4.72. The number of fused-ring (bicyclic) bond motifs is 4. The molecule has 2 aromatic rings. The summed E-state index contributed by atoms with van der Waals surface area (Å²) >= 11 is 0. The smallest absolute Gasteiger partial charge is 0.338 e. The maximum absolute atomic E-state index is 13.0. The van der Waals surface area contributed by atoms with E-state index in [1.807, 2.05) is 12.1 Å². The monoisotopic (exact) mass is 468 g/mol. The molecule has 182 valence electrons. The van der Waals surface area contributed by atoms with Crippen LogP contribution in [0.1, 0.15) is 38.8 Å². The van der Waals surface area contributed by atoms with Gasteiger partial charge in [0.15, 0.2) is 23.0 Å². The van der Waals surface area contributed by atoms with E-state index in [0.29, 0.717) is 51.9 Å². The van der Waals surface area contributed by atoms with Gasteiger partial charge >= 0.3 is 5.97 Å². The molecule has 4 rings (SSSR count). The van der Waals surface area contributed by atoms with E-state index >= 15 is 0 Å². The first-order chi connectivity index (χ1) is 16.3. The van der Waals surface area contributed by atoms with Crippen molar-refractivity contribution in [2.24, 2.45) is 11.8 Å². The quantitative estimate of drug-likeness (QED) is 0.333. The van der Waals surface area contributed by atoms with Crippen LogP contribution in [0.2, 0.25) is 0 Å². The van der Waals surface area contributed by atoms with Gasteiger partial charge in [0.05, 0.1) is 21.3 Å². The number of ether oxygens (including phenoxy) is 6. The van der Waals surface area contributed by atoms with Gasteiger partial charge in [0.25, 0.3) is 0 Å². The maximum Gasteiger partial charge on any atom is 0.338 e. The number of carbonyl (C=O) groups excluding carboxylic acids is 1. The van der Waals surface area contributed by atoms with E-state index in [4.69, 9.17) is 28.4 Å². The van der Waals surface area contributed by atoms with Crippen molar-refractivity contribution in [2.75, 3.05) is 28.1 Å². The molecule has 1 aliphatic heterocycles. The molecular formula is C27H32O7. The second-order valence-corrected chi connectivity index (χ2v) is 8.88. The summed E-state index contributed by atoms with van der Waals surface area (Å²) in [5, 5.41) is 0. The molecule has 2 aromatic carbocycles. The highest BCUT2D eigenvalue weighted by molar-refractivity contribution is 5.94. The van der Waals surface area contributed by atoms with E-state index < -0.39 is 5.97 Å². The molecule has 0 saturated heterocycles. The van der Waals surface area contributed by atoms with Crippen LogP contribution >= 0.6 is 0 Å². The molecule has 0 radical (unpaired) electrons. The van der Waals surface area contributed by atoms with Crippen LogP contribution in [0.25, 0.3) is 11.1 Å². The minimum Gasteiger partial charge on any atom is -0.493 e. The van der Waals surface area contributed by atoms with Crippen molar-refractivity contribution in [1.82, 2.24) is 0 Å². The van der Waals surface area contributed by atoms with Crippen LogP contribution < -0.4 is 28.4 Å². The molecule has 0 spiro atoms. The first kappa shape index (κ1) is 23.8. The summed E-state index contributed by atoms with van der Waals surface area (Å²) in [5.41, 5.74) is 4.08. The summed E-state index contributed by atoms with van der Waals surface area (Å²) in [4.78, 5) is 13.0. The van der Waals surface area contributed by atoms with Gasteiger partial charge in [-0.25, -0.2) is 4.79 Å². The molecule has 7 nitrogen and oxygen atoms in total. The van der Waals surface area contributed by atoms with Crippen molar-refractivity contribution in [2.45, 2.75) is 40.5 Å². The number of rotatable bonds is 5. The fourth-order valence-corrected chi connectivity index (χ4v) is 4.62. The molecule has 0 N–H and O–H groups in total. The highest BCUT2D eigenvalue weighted by atomic mass is 16.7. The molecular weight excluding hydrogens is 436 g/mol. The van der Waals surface area contributed by atoms with Crippen LogP contribution in [0.15, 0.2) is 23.8 Å². The predicted molar refractivity (Wildman–Crippen MR) is 128 cm³/mol. The summed E-state index contributed by atoms with van der Waals surface area (Å²) in [6, 6.07) is 3.98. The lowest BCUT2D eigenvalue weighted by molar-refractivity contribution is -0.130. The average molecular weight is 469 g/mol. The third kappa shape index (κ3) is 3.93. The minimum absolute atomic E-state index is 0.127. The summed E-state index contributed by atoms with van der Waals surface area (Å²) in [5.74, 6) is 3.22. The molecule has 0 bridgehead atoms. The minimum atomic E-state index is -0.457. The molecule has 0 fully saturated rings. The third-order valence-corrected chi connectivity index (χ3v) is 6.87. The Morgan fingerprint density at radius 3 is 2.12 bits per heavy atom. The van der Waals surface area contributed by atoms with Gasteiger partial charge in [0.1, 0.15) is 0 Å². The molecule has 0 saturated carbocycles. The molecule has 7 heteroatoms. The molecule has 2 atom stereocenters. The topological polar surface area (TPSA) is 72.5 Å². The zero-order chi connectivity index (χ0) is 24.6. The molecule has 2 aliphatic rings. The molecule has 34 heavy (non-hydrogen) atoms. The van der Waals surface area contributed by atoms with Gasteiger partial charge in [-0.3, -0.25) is 0 Å². The Morgan fingerprint density at radius 1 is 0.912 bits per heavy atom. The first-order valence-electron chi connectivity index (χ1n) is 11.5. The van der Waals surface area contributed by atoms with E-state index in [1.54, 1.807) is 34.1 Å². The van der Waals surface area contributed by atoms with Gasteiger partial charge in [0.2, 0.25) is 18.3 Å². The zero-order valence-corrected chi connectivity index (χ0v) is 20.9. The zero-order valence-electron chi connectivity index (χ0n) is 20.9. The van der Waals surface area contributed by atoms with E-state index in [-0.39, 0.29) is 6.79 Å². The molecule has 0 aromatic heterocycles. The van der Waals surface area contributed by atoms with Crippen LogP contribution in [0, 0.1) is 11.8 Å². The number of hydrogen-bond acceptors (Lipinski definition) is 7. The number of carbonyl (C=O) groups is 1. The average Bonchev–Trinajstić information content (AvgIpc) is 3.30. The van der Waals surface area contributed by atoms with Crippen molar-refractivity contribution < 1.29 is 33.2 Å². The number of methoxy groups -OCH3 is 3. The largest absolute Gasteiger partial charge is 0.493 e. The van der Waals surface area contributed by atoms with Crippen molar-refractivity contribution in [3.05, 3.63) is 34.9 Å². The second-order valence-electron chi connectivity index (χ2n) is 8.88. The van der Waals surface area contributed by atoms with Gasteiger partial charge in [-0.05, 0) is 61.8 Å². The highest BCUT2D eigenvalue weighted by Crippen LogP contribution is 2.56. The van der Waals surface area contributed by atoms with Gasteiger partial charge in [-0.15, -0.1) is 0 Å². The summed E-state index contributed by atoms with van der Waals surface area (Å²) in [6.07, 6.45) is 3.29. The standard InChI is InChI=1S/C27H32O7/c1-8-14(2)27(28)34-26-22-17(11-19(29-5)23(26)30-6)9-15(3)16(4)10-18-12-20-24(33-13-32-20)25(31-7)21(18)22/h8,11-12,15-16H,9-10,13H2,1-7H3/b14-8-. The molecule has 1 heterocycles. The highest BCUT2D eigenvalue weighted by Gasteiger charge is 2.35. The first-order valence-corrected chi connectivity index (χ1v) is 11.5. The lowest BCUT2D eigenvalue weighted by atomic mass is 9.77. The second kappa shape index (κ2) is 9.49. The van der Waals surface area contributed by atoms with Crippen LogP contribution in [0.4, 0.5) is 0 Å². The number of benzene rings is 2. The molecule has 2 unspecified atom stereocenters. The predicted octanol–water partition coefficient (Wildman–Crippen LogP) is 5.35. The van der Waals surface area contributed by atoms with Gasteiger partial charge in [-0.2, -0.15) is 0 Å². The Balaban J connectivity index is 2.11. The number of esters is 1. The van der Waals surface area contributed by atoms with Gasteiger partial charge < -0.3 is 28.4 Å². The van der Waals surface area contributed by atoms with Crippen LogP contribution in [-0.2, 0) is 17.6 Å².